The SMILES string of the molecule is Cc1cc(Nc2nc(/C=C/c3ccccc3)nc(N3CCN(c4ccncc4)CC3)n2)n[nH]1. The summed E-state index contributed by atoms with van der Waals surface area (Å²) >= 11 is 0. The molecule has 0 saturated carbocycles. The fraction of sp³-hybridized carbons (Fsp3) is 0.208. The Hall–Kier alpha value is -4.27. The zero-order valence-electron chi connectivity index (χ0n) is 18.4. The molecule has 1 aliphatic heterocycles. The second kappa shape index (κ2) is 9.47. The number of H-pyrrole nitrogens is 1. The molecule has 1 aromatic carbocycles. The predicted octanol–water partition coefficient (Wildman–Crippen LogP) is 3.54. The molecule has 3 aromatic heterocycles. The quantitative estimate of drug-likeness (QED) is 0.471. The minimum atomic E-state index is 0.468. The van der Waals surface area contributed by atoms with Gasteiger partial charge in [0.25, 0.3) is 0 Å². The van der Waals surface area contributed by atoms with Gasteiger partial charge in [0.2, 0.25) is 11.9 Å². The number of hydrogen-bond donors (Lipinski definition) is 2. The number of aromatic nitrogens is 6. The van der Waals surface area contributed by atoms with Crippen LogP contribution in [0, 0.1) is 6.92 Å². The van der Waals surface area contributed by atoms with Crippen LogP contribution in [0.2, 0.25) is 0 Å². The van der Waals surface area contributed by atoms with Crippen molar-refractivity contribution in [3.63, 3.8) is 0 Å². The molecule has 0 aliphatic carbocycles. The molecule has 0 radical (unpaired) electrons. The van der Waals surface area contributed by atoms with Crippen molar-refractivity contribution >= 4 is 35.6 Å². The molecule has 9 heteroatoms. The van der Waals surface area contributed by atoms with Crippen LogP contribution in [0.1, 0.15) is 17.1 Å². The number of aryl methyl sites for hydroxylation is 1. The van der Waals surface area contributed by atoms with Gasteiger partial charge in [0, 0.05) is 56.0 Å². The largest absolute Gasteiger partial charge is 0.368 e. The van der Waals surface area contributed by atoms with Gasteiger partial charge in [-0.15, -0.1) is 0 Å². The first kappa shape index (κ1) is 20.6. The second-order valence-electron chi connectivity index (χ2n) is 7.80. The van der Waals surface area contributed by atoms with Crippen molar-refractivity contribution in [3.8, 4) is 0 Å². The number of nitrogens with one attached hydrogen (secondary N) is 2. The second-order valence-corrected chi connectivity index (χ2v) is 7.80. The van der Waals surface area contributed by atoms with Crippen LogP contribution in [0.3, 0.4) is 0 Å². The maximum absolute atomic E-state index is 4.74. The standard InChI is InChI=1S/C24H25N9/c1-18-17-22(31-30-18)27-23-26-21(8-7-19-5-3-2-4-6-19)28-24(29-23)33-15-13-32(14-16-33)20-9-11-25-12-10-20/h2-12,17H,13-16H2,1H3,(H2,26,27,28,29,30,31)/b8-7+. The van der Waals surface area contributed by atoms with Crippen molar-refractivity contribution in [1.82, 2.24) is 30.1 Å². The number of pyridine rings is 1. The molecule has 0 atom stereocenters. The zero-order valence-corrected chi connectivity index (χ0v) is 18.4. The van der Waals surface area contributed by atoms with Gasteiger partial charge in [-0.2, -0.15) is 20.1 Å². The molecular weight excluding hydrogens is 414 g/mol. The maximum atomic E-state index is 4.74. The van der Waals surface area contributed by atoms with Crippen molar-refractivity contribution in [2.45, 2.75) is 6.92 Å². The molecule has 0 amide bonds. The van der Waals surface area contributed by atoms with Crippen LogP contribution >= 0.6 is 0 Å². The highest BCUT2D eigenvalue weighted by atomic mass is 15.4. The Bertz CT molecular complexity index is 1210. The zero-order chi connectivity index (χ0) is 22.5. The molecule has 4 aromatic rings. The van der Waals surface area contributed by atoms with Gasteiger partial charge in [-0.1, -0.05) is 36.4 Å². The lowest BCUT2D eigenvalue weighted by molar-refractivity contribution is 0.638. The Balaban J connectivity index is 1.38. The third-order valence-corrected chi connectivity index (χ3v) is 5.40. The maximum Gasteiger partial charge on any atom is 0.233 e. The van der Waals surface area contributed by atoms with Gasteiger partial charge in [0.1, 0.15) is 0 Å². The van der Waals surface area contributed by atoms with E-state index >= 15 is 0 Å². The van der Waals surface area contributed by atoms with Crippen LogP contribution in [-0.2, 0) is 0 Å². The van der Waals surface area contributed by atoms with Crippen molar-refractivity contribution in [3.05, 3.63) is 78.0 Å². The minimum Gasteiger partial charge on any atom is -0.368 e. The summed E-state index contributed by atoms with van der Waals surface area (Å²) in [5.74, 6) is 2.39. The lowest BCUT2D eigenvalue weighted by atomic mass is 10.2. The summed E-state index contributed by atoms with van der Waals surface area (Å²) in [6.07, 6.45) is 7.57. The third-order valence-electron chi connectivity index (χ3n) is 5.40. The van der Waals surface area contributed by atoms with E-state index in [2.05, 4.69) is 35.3 Å². The van der Waals surface area contributed by atoms with Crippen LogP contribution in [0.5, 0.6) is 0 Å². The van der Waals surface area contributed by atoms with Gasteiger partial charge >= 0.3 is 0 Å². The van der Waals surface area contributed by atoms with Crippen molar-refractivity contribution in [1.29, 1.82) is 0 Å². The molecule has 0 unspecified atom stereocenters. The summed E-state index contributed by atoms with van der Waals surface area (Å²) in [6, 6.07) is 16.1. The van der Waals surface area contributed by atoms with Crippen molar-refractivity contribution in [2.75, 3.05) is 41.3 Å². The Kier molecular flexibility index (Phi) is 5.92. The van der Waals surface area contributed by atoms with E-state index in [1.165, 1.54) is 5.69 Å². The number of benzene rings is 1. The summed E-state index contributed by atoms with van der Waals surface area (Å²) in [4.78, 5) is 22.7. The predicted molar refractivity (Wildman–Crippen MR) is 130 cm³/mol. The van der Waals surface area contributed by atoms with Crippen LogP contribution in [0.4, 0.5) is 23.4 Å². The summed E-state index contributed by atoms with van der Waals surface area (Å²) in [5, 5.41) is 10.4. The average Bonchev–Trinajstić information content (AvgIpc) is 3.28. The first-order valence-corrected chi connectivity index (χ1v) is 10.9. The number of rotatable bonds is 6. The Morgan fingerprint density at radius 1 is 0.879 bits per heavy atom. The fourth-order valence-corrected chi connectivity index (χ4v) is 3.70. The summed E-state index contributed by atoms with van der Waals surface area (Å²) in [7, 11) is 0. The average molecular weight is 440 g/mol. The first-order valence-electron chi connectivity index (χ1n) is 10.9. The molecule has 0 spiro atoms. The van der Waals surface area contributed by atoms with E-state index < -0.39 is 0 Å². The monoisotopic (exact) mass is 439 g/mol. The highest BCUT2D eigenvalue weighted by Crippen LogP contribution is 2.20. The van der Waals surface area contributed by atoms with E-state index in [0.29, 0.717) is 23.5 Å². The number of aromatic amines is 1. The van der Waals surface area contributed by atoms with Gasteiger partial charge in [-0.05, 0) is 30.7 Å². The van der Waals surface area contributed by atoms with E-state index in [1.807, 2.05) is 80.0 Å². The number of anilines is 4. The topological polar surface area (TPSA) is 98.8 Å². The van der Waals surface area contributed by atoms with Gasteiger partial charge < -0.3 is 15.1 Å². The molecule has 1 aliphatic rings. The molecule has 4 heterocycles. The molecule has 2 N–H and O–H groups in total. The lowest BCUT2D eigenvalue weighted by Gasteiger charge is -2.36. The van der Waals surface area contributed by atoms with E-state index in [4.69, 9.17) is 9.97 Å². The first-order chi connectivity index (χ1) is 16.2. The number of piperazine rings is 1. The Labute approximate surface area is 192 Å². The molecule has 1 saturated heterocycles. The van der Waals surface area contributed by atoms with Gasteiger partial charge in [0.15, 0.2) is 11.6 Å². The Morgan fingerprint density at radius 3 is 2.36 bits per heavy atom. The van der Waals surface area contributed by atoms with E-state index in [1.54, 1.807) is 0 Å². The van der Waals surface area contributed by atoms with Crippen LogP contribution in [0.15, 0.2) is 60.9 Å². The molecule has 5 rings (SSSR count). The van der Waals surface area contributed by atoms with E-state index in [-0.39, 0.29) is 0 Å². The smallest absolute Gasteiger partial charge is 0.233 e. The van der Waals surface area contributed by atoms with Crippen LogP contribution in [0.25, 0.3) is 12.2 Å². The third kappa shape index (κ3) is 5.15. The normalized spacial score (nSPS) is 14.1. The molecule has 1 fully saturated rings. The van der Waals surface area contributed by atoms with E-state index in [0.717, 1.165) is 37.4 Å². The lowest BCUT2D eigenvalue weighted by Crippen LogP contribution is -2.47. The van der Waals surface area contributed by atoms with E-state index in [9.17, 15) is 0 Å². The van der Waals surface area contributed by atoms with Crippen molar-refractivity contribution in [2.24, 2.45) is 0 Å². The van der Waals surface area contributed by atoms with Crippen molar-refractivity contribution < 1.29 is 0 Å². The molecular formula is C24H25N9. The van der Waals surface area contributed by atoms with Crippen LogP contribution < -0.4 is 15.1 Å². The minimum absolute atomic E-state index is 0.468. The summed E-state index contributed by atoms with van der Waals surface area (Å²) in [5.41, 5.74) is 3.23. The summed E-state index contributed by atoms with van der Waals surface area (Å²) in [6.45, 7) is 5.34. The molecule has 0 bridgehead atoms. The number of nitrogens with zero attached hydrogens (tertiary/aromatic N) is 7. The highest BCUT2D eigenvalue weighted by molar-refractivity contribution is 5.67. The molecule has 9 nitrogen and oxygen atoms in total. The van der Waals surface area contributed by atoms with Gasteiger partial charge in [-0.25, -0.2) is 0 Å². The highest BCUT2D eigenvalue weighted by Gasteiger charge is 2.20. The fourth-order valence-electron chi connectivity index (χ4n) is 3.70. The van der Waals surface area contributed by atoms with Gasteiger partial charge in [-0.3, -0.25) is 10.1 Å². The Morgan fingerprint density at radius 2 is 1.64 bits per heavy atom. The molecule has 33 heavy (non-hydrogen) atoms. The molecule has 166 valence electrons. The number of hydrogen-bond acceptors (Lipinski definition) is 8. The van der Waals surface area contributed by atoms with Crippen LogP contribution in [-0.4, -0.2) is 56.3 Å². The summed E-state index contributed by atoms with van der Waals surface area (Å²) < 4.78 is 0. The van der Waals surface area contributed by atoms with Gasteiger partial charge in [0.05, 0.1) is 0 Å².